The van der Waals surface area contributed by atoms with Crippen molar-refractivity contribution in [2.75, 3.05) is 39.2 Å². The second-order valence-electron chi connectivity index (χ2n) is 5.49. The van der Waals surface area contributed by atoms with Crippen molar-refractivity contribution in [3.05, 3.63) is 47.3 Å². The molecule has 0 fully saturated rings. The van der Waals surface area contributed by atoms with Crippen LogP contribution in [0.4, 0.5) is 5.95 Å². The van der Waals surface area contributed by atoms with Crippen molar-refractivity contribution in [1.82, 2.24) is 15.3 Å². The molecule has 0 aliphatic rings. The number of aryl methyl sites for hydroxylation is 1. The fraction of sp³-hybridized carbons (Fsp3) is 0.389. The Morgan fingerprint density at radius 2 is 1.88 bits per heavy atom. The van der Waals surface area contributed by atoms with Crippen molar-refractivity contribution in [3.63, 3.8) is 0 Å². The second kappa shape index (κ2) is 9.58. The summed E-state index contributed by atoms with van der Waals surface area (Å²) in [5.74, 6) is 1.03. The normalized spacial score (nSPS) is 10.4. The lowest BCUT2D eigenvalue weighted by atomic mass is 10.1. The third-order valence-corrected chi connectivity index (χ3v) is 3.53. The number of carbonyl (C=O) groups is 1. The molecule has 0 saturated carbocycles. The van der Waals surface area contributed by atoms with Crippen LogP contribution in [-0.2, 0) is 11.2 Å². The highest BCUT2D eigenvalue weighted by Crippen LogP contribution is 2.11. The zero-order valence-corrected chi connectivity index (χ0v) is 14.8. The molecule has 7 nitrogen and oxygen atoms in total. The van der Waals surface area contributed by atoms with Gasteiger partial charge in [-0.25, -0.2) is 9.97 Å². The molecule has 0 spiro atoms. The van der Waals surface area contributed by atoms with Crippen LogP contribution in [-0.4, -0.2) is 49.8 Å². The molecule has 2 N–H and O–H groups in total. The number of methoxy groups -OCH3 is 2. The van der Waals surface area contributed by atoms with Crippen LogP contribution < -0.4 is 15.4 Å². The molecular weight excluding hydrogens is 320 g/mol. The van der Waals surface area contributed by atoms with E-state index in [1.54, 1.807) is 20.3 Å². The van der Waals surface area contributed by atoms with Gasteiger partial charge in [0, 0.05) is 25.9 Å². The maximum absolute atomic E-state index is 12.3. The average molecular weight is 344 g/mol. The number of aromatic nitrogens is 2. The number of ether oxygens (including phenoxy) is 2. The molecule has 0 saturated heterocycles. The summed E-state index contributed by atoms with van der Waals surface area (Å²) in [7, 11) is 3.26. The van der Waals surface area contributed by atoms with Gasteiger partial charge in [0.05, 0.1) is 13.7 Å². The number of rotatable bonds is 9. The maximum atomic E-state index is 12.3. The lowest BCUT2D eigenvalue weighted by molar-refractivity contribution is 0.0949. The predicted molar refractivity (Wildman–Crippen MR) is 96.2 cm³/mol. The van der Waals surface area contributed by atoms with E-state index >= 15 is 0 Å². The Kier molecular flexibility index (Phi) is 7.16. The lowest BCUT2D eigenvalue weighted by Gasteiger charge is -2.09. The highest BCUT2D eigenvalue weighted by molar-refractivity contribution is 5.92. The predicted octanol–water partition coefficient (Wildman–Crippen LogP) is 1.82. The van der Waals surface area contributed by atoms with E-state index in [4.69, 9.17) is 9.47 Å². The van der Waals surface area contributed by atoms with E-state index in [1.165, 1.54) is 0 Å². The number of nitrogens with one attached hydrogen (secondary N) is 2. The molecule has 0 atom stereocenters. The largest absolute Gasteiger partial charge is 0.497 e. The van der Waals surface area contributed by atoms with Crippen LogP contribution in [0, 0.1) is 6.92 Å². The zero-order chi connectivity index (χ0) is 18.1. The Hall–Kier alpha value is -2.67. The van der Waals surface area contributed by atoms with Gasteiger partial charge in [0.25, 0.3) is 5.91 Å². The van der Waals surface area contributed by atoms with Crippen LogP contribution in [0.25, 0.3) is 0 Å². The Balaban J connectivity index is 1.88. The molecule has 1 aromatic carbocycles. The molecule has 2 aromatic rings. The molecule has 1 amide bonds. The Morgan fingerprint density at radius 1 is 1.12 bits per heavy atom. The summed E-state index contributed by atoms with van der Waals surface area (Å²) in [5.41, 5.74) is 2.21. The van der Waals surface area contributed by atoms with Crippen molar-refractivity contribution >= 4 is 11.9 Å². The van der Waals surface area contributed by atoms with Crippen LogP contribution >= 0.6 is 0 Å². The van der Waals surface area contributed by atoms with E-state index in [0.29, 0.717) is 31.3 Å². The van der Waals surface area contributed by atoms with Crippen LogP contribution in [0.1, 0.15) is 21.7 Å². The zero-order valence-electron chi connectivity index (χ0n) is 14.8. The van der Waals surface area contributed by atoms with E-state index in [-0.39, 0.29) is 5.91 Å². The molecule has 1 heterocycles. The van der Waals surface area contributed by atoms with E-state index in [9.17, 15) is 4.79 Å². The van der Waals surface area contributed by atoms with Gasteiger partial charge in [-0.1, -0.05) is 12.1 Å². The summed E-state index contributed by atoms with van der Waals surface area (Å²) in [6.45, 7) is 3.48. The molecule has 0 bridgehead atoms. The minimum Gasteiger partial charge on any atom is -0.497 e. The summed E-state index contributed by atoms with van der Waals surface area (Å²) < 4.78 is 10.1. The summed E-state index contributed by atoms with van der Waals surface area (Å²) in [6.07, 6.45) is 0.735. The lowest BCUT2D eigenvalue weighted by Crippen LogP contribution is -2.27. The first-order chi connectivity index (χ1) is 12.1. The first-order valence-corrected chi connectivity index (χ1v) is 8.12. The number of carbonyl (C=O) groups excluding carboxylic acids is 1. The molecule has 2 rings (SSSR count). The van der Waals surface area contributed by atoms with Crippen molar-refractivity contribution < 1.29 is 14.3 Å². The molecule has 1 aromatic heterocycles. The fourth-order valence-corrected chi connectivity index (χ4v) is 2.23. The molecule has 0 aliphatic carbocycles. The minimum atomic E-state index is -0.214. The van der Waals surface area contributed by atoms with Gasteiger partial charge in [-0.2, -0.15) is 0 Å². The maximum Gasteiger partial charge on any atom is 0.270 e. The molecule has 134 valence electrons. The number of benzene rings is 1. The van der Waals surface area contributed by atoms with Crippen molar-refractivity contribution in [2.45, 2.75) is 13.3 Å². The van der Waals surface area contributed by atoms with Gasteiger partial charge >= 0.3 is 0 Å². The monoisotopic (exact) mass is 344 g/mol. The first kappa shape index (κ1) is 18.7. The van der Waals surface area contributed by atoms with E-state index in [2.05, 4.69) is 20.6 Å². The molecule has 25 heavy (non-hydrogen) atoms. The molecule has 0 aliphatic heterocycles. The van der Waals surface area contributed by atoms with Gasteiger partial charge < -0.3 is 20.1 Å². The SMILES string of the molecule is COCCNc1nc(C)cc(C(=O)NCCc2ccc(OC)cc2)n1. The van der Waals surface area contributed by atoms with Crippen LogP contribution in [0.5, 0.6) is 5.75 Å². The fourth-order valence-electron chi connectivity index (χ4n) is 2.23. The van der Waals surface area contributed by atoms with E-state index < -0.39 is 0 Å². The van der Waals surface area contributed by atoms with E-state index in [0.717, 1.165) is 23.4 Å². The number of hydrogen-bond acceptors (Lipinski definition) is 6. The second-order valence-corrected chi connectivity index (χ2v) is 5.49. The number of nitrogens with zero attached hydrogens (tertiary/aromatic N) is 2. The standard InChI is InChI=1S/C18H24N4O3/c1-13-12-16(22-18(21-13)20-10-11-24-2)17(23)19-9-8-14-4-6-15(25-3)7-5-14/h4-7,12H,8-11H2,1-3H3,(H,19,23)(H,20,21,22). The first-order valence-electron chi connectivity index (χ1n) is 8.12. The van der Waals surface area contributed by atoms with Crippen molar-refractivity contribution in [2.24, 2.45) is 0 Å². The van der Waals surface area contributed by atoms with Gasteiger partial charge in [0.2, 0.25) is 5.95 Å². The smallest absolute Gasteiger partial charge is 0.270 e. The van der Waals surface area contributed by atoms with Gasteiger partial charge in [-0.05, 0) is 37.1 Å². The van der Waals surface area contributed by atoms with Gasteiger partial charge in [-0.15, -0.1) is 0 Å². The Labute approximate surface area is 147 Å². The summed E-state index contributed by atoms with van der Waals surface area (Å²) in [4.78, 5) is 20.8. The van der Waals surface area contributed by atoms with E-state index in [1.807, 2.05) is 31.2 Å². The van der Waals surface area contributed by atoms with Crippen molar-refractivity contribution in [1.29, 1.82) is 0 Å². The Morgan fingerprint density at radius 3 is 2.56 bits per heavy atom. The van der Waals surface area contributed by atoms with Crippen molar-refractivity contribution in [3.8, 4) is 5.75 Å². The molecule has 0 unspecified atom stereocenters. The minimum absolute atomic E-state index is 0.214. The number of amides is 1. The number of hydrogen-bond donors (Lipinski definition) is 2. The van der Waals surface area contributed by atoms with Gasteiger partial charge in [0.1, 0.15) is 11.4 Å². The van der Waals surface area contributed by atoms with Gasteiger partial charge in [0.15, 0.2) is 0 Å². The highest BCUT2D eigenvalue weighted by Gasteiger charge is 2.10. The van der Waals surface area contributed by atoms with Gasteiger partial charge in [-0.3, -0.25) is 4.79 Å². The third-order valence-electron chi connectivity index (χ3n) is 3.53. The van der Waals surface area contributed by atoms with Crippen LogP contribution in [0.15, 0.2) is 30.3 Å². The van der Waals surface area contributed by atoms with Crippen LogP contribution in [0.2, 0.25) is 0 Å². The average Bonchev–Trinajstić information content (AvgIpc) is 2.62. The third kappa shape index (κ3) is 6.04. The molecule has 7 heteroatoms. The topological polar surface area (TPSA) is 85.4 Å². The molecular formula is C18H24N4O3. The quantitative estimate of drug-likeness (QED) is 0.675. The van der Waals surface area contributed by atoms with Crippen LogP contribution in [0.3, 0.4) is 0 Å². The Bertz CT molecular complexity index is 689. The molecule has 0 radical (unpaired) electrons. The highest BCUT2D eigenvalue weighted by atomic mass is 16.5. The summed E-state index contributed by atoms with van der Waals surface area (Å²) in [6, 6.07) is 9.45. The summed E-state index contributed by atoms with van der Waals surface area (Å²) >= 11 is 0. The summed E-state index contributed by atoms with van der Waals surface area (Å²) in [5, 5.41) is 5.92. The number of anilines is 1.